The predicted octanol–water partition coefficient (Wildman–Crippen LogP) is 4.52. The summed E-state index contributed by atoms with van der Waals surface area (Å²) in [5.74, 6) is 1.21. The Morgan fingerprint density at radius 1 is 1.14 bits per heavy atom. The number of fused-ring (bicyclic) bond motifs is 4. The zero-order valence-electron chi connectivity index (χ0n) is 11.4. The maximum Gasteiger partial charge on any atom is 0.141 e. The van der Waals surface area contributed by atoms with Crippen molar-refractivity contribution in [3.8, 4) is 0 Å². The standard InChI is InChI=1S/C17H13ClN2S/c18-15-14-11-6-3-7-13(11)21-17(14)20-16(19-15)12-8-9-4-1-2-5-10(9)12/h1-2,4-5,12H,3,6-8H2. The molecule has 0 saturated heterocycles. The molecular weight excluding hydrogens is 300 g/mol. The van der Waals surface area contributed by atoms with E-state index in [0.29, 0.717) is 11.1 Å². The third kappa shape index (κ3) is 1.65. The third-order valence-electron chi connectivity index (χ3n) is 4.70. The van der Waals surface area contributed by atoms with Gasteiger partial charge in [-0.3, -0.25) is 0 Å². The summed E-state index contributed by atoms with van der Waals surface area (Å²) in [4.78, 5) is 12.0. The second-order valence-electron chi connectivity index (χ2n) is 5.87. The molecule has 21 heavy (non-hydrogen) atoms. The zero-order chi connectivity index (χ0) is 14.0. The van der Waals surface area contributed by atoms with Gasteiger partial charge in [0.15, 0.2) is 0 Å². The summed E-state index contributed by atoms with van der Waals surface area (Å²) in [6.07, 6.45) is 4.58. The van der Waals surface area contributed by atoms with Gasteiger partial charge in [0.25, 0.3) is 0 Å². The van der Waals surface area contributed by atoms with Crippen LogP contribution in [0.4, 0.5) is 0 Å². The van der Waals surface area contributed by atoms with Crippen molar-refractivity contribution < 1.29 is 0 Å². The van der Waals surface area contributed by atoms with Crippen LogP contribution >= 0.6 is 22.9 Å². The monoisotopic (exact) mass is 312 g/mol. The van der Waals surface area contributed by atoms with Gasteiger partial charge >= 0.3 is 0 Å². The van der Waals surface area contributed by atoms with Crippen molar-refractivity contribution >= 4 is 33.2 Å². The molecule has 2 aliphatic rings. The zero-order valence-corrected chi connectivity index (χ0v) is 13.0. The third-order valence-corrected chi connectivity index (χ3v) is 6.16. The van der Waals surface area contributed by atoms with E-state index in [-0.39, 0.29) is 0 Å². The van der Waals surface area contributed by atoms with Crippen molar-refractivity contribution in [1.29, 1.82) is 0 Å². The molecule has 0 bridgehead atoms. The molecule has 1 unspecified atom stereocenters. The fourth-order valence-electron chi connectivity index (χ4n) is 3.61. The second kappa shape index (κ2) is 4.28. The Labute approximate surface area is 131 Å². The highest BCUT2D eigenvalue weighted by Crippen LogP contribution is 2.43. The molecule has 0 spiro atoms. The molecule has 1 aromatic carbocycles. The summed E-state index contributed by atoms with van der Waals surface area (Å²) >= 11 is 8.31. The normalized spacial score (nSPS) is 19.4. The molecule has 0 amide bonds. The molecule has 5 rings (SSSR count). The van der Waals surface area contributed by atoms with E-state index < -0.39 is 0 Å². The van der Waals surface area contributed by atoms with Gasteiger partial charge in [0.1, 0.15) is 15.8 Å². The van der Waals surface area contributed by atoms with Crippen molar-refractivity contribution in [2.24, 2.45) is 0 Å². The van der Waals surface area contributed by atoms with E-state index >= 15 is 0 Å². The van der Waals surface area contributed by atoms with Crippen LogP contribution in [0.2, 0.25) is 5.15 Å². The summed E-state index contributed by atoms with van der Waals surface area (Å²) < 4.78 is 0. The molecular formula is C17H13ClN2S. The lowest BCUT2D eigenvalue weighted by molar-refractivity contribution is 0.664. The number of aryl methyl sites for hydroxylation is 2. The molecule has 1 atom stereocenters. The van der Waals surface area contributed by atoms with Crippen molar-refractivity contribution in [3.05, 3.63) is 56.8 Å². The van der Waals surface area contributed by atoms with Crippen LogP contribution in [0.15, 0.2) is 24.3 Å². The average molecular weight is 313 g/mol. The molecule has 2 heterocycles. The van der Waals surface area contributed by atoms with Gasteiger partial charge in [-0.2, -0.15) is 0 Å². The van der Waals surface area contributed by atoms with Crippen LogP contribution in [-0.4, -0.2) is 9.97 Å². The lowest BCUT2D eigenvalue weighted by Crippen LogP contribution is -2.20. The number of rotatable bonds is 1. The number of halogens is 1. The molecule has 104 valence electrons. The minimum absolute atomic E-state index is 0.319. The lowest BCUT2D eigenvalue weighted by atomic mass is 9.77. The number of aromatic nitrogens is 2. The van der Waals surface area contributed by atoms with E-state index in [0.717, 1.165) is 28.9 Å². The summed E-state index contributed by atoms with van der Waals surface area (Å²) in [6.45, 7) is 0. The Bertz CT molecular complexity index is 884. The van der Waals surface area contributed by atoms with Crippen LogP contribution in [0.3, 0.4) is 0 Å². The highest BCUT2D eigenvalue weighted by atomic mass is 35.5. The smallest absolute Gasteiger partial charge is 0.141 e. The van der Waals surface area contributed by atoms with Gasteiger partial charge in [-0.05, 0) is 42.4 Å². The van der Waals surface area contributed by atoms with E-state index in [4.69, 9.17) is 16.6 Å². The Morgan fingerprint density at radius 3 is 2.95 bits per heavy atom. The number of benzene rings is 1. The van der Waals surface area contributed by atoms with Gasteiger partial charge in [-0.15, -0.1) is 11.3 Å². The number of nitrogens with zero attached hydrogens (tertiary/aromatic N) is 2. The first-order valence-electron chi connectivity index (χ1n) is 7.37. The van der Waals surface area contributed by atoms with Crippen LogP contribution in [0.1, 0.15) is 39.7 Å². The van der Waals surface area contributed by atoms with Crippen LogP contribution in [-0.2, 0) is 19.3 Å². The minimum atomic E-state index is 0.319. The Balaban J connectivity index is 1.67. The Hall–Kier alpha value is -1.45. The highest BCUT2D eigenvalue weighted by Gasteiger charge is 2.31. The first kappa shape index (κ1) is 12.1. The molecule has 0 N–H and O–H groups in total. The van der Waals surface area contributed by atoms with Crippen molar-refractivity contribution in [3.63, 3.8) is 0 Å². The van der Waals surface area contributed by atoms with Crippen LogP contribution in [0.5, 0.6) is 0 Å². The number of hydrogen-bond donors (Lipinski definition) is 0. The summed E-state index contributed by atoms with van der Waals surface area (Å²) in [7, 11) is 0. The van der Waals surface area contributed by atoms with Gasteiger partial charge in [0, 0.05) is 10.8 Å². The van der Waals surface area contributed by atoms with Crippen molar-refractivity contribution in [1.82, 2.24) is 9.97 Å². The first-order valence-corrected chi connectivity index (χ1v) is 8.56. The second-order valence-corrected chi connectivity index (χ2v) is 7.31. The summed E-state index contributed by atoms with van der Waals surface area (Å²) in [5, 5.41) is 1.77. The van der Waals surface area contributed by atoms with E-state index in [9.17, 15) is 0 Å². The molecule has 2 aliphatic carbocycles. The quantitative estimate of drug-likeness (QED) is 0.617. The van der Waals surface area contributed by atoms with Gasteiger partial charge in [0.05, 0.1) is 5.39 Å². The molecule has 2 nitrogen and oxygen atoms in total. The molecule has 3 aromatic rings. The van der Waals surface area contributed by atoms with Gasteiger partial charge < -0.3 is 0 Å². The van der Waals surface area contributed by atoms with Crippen LogP contribution in [0.25, 0.3) is 10.2 Å². The Morgan fingerprint density at radius 2 is 2.05 bits per heavy atom. The van der Waals surface area contributed by atoms with Crippen molar-refractivity contribution in [2.75, 3.05) is 0 Å². The van der Waals surface area contributed by atoms with Crippen molar-refractivity contribution in [2.45, 2.75) is 31.6 Å². The number of thiophene rings is 1. The molecule has 0 saturated carbocycles. The fraction of sp³-hybridized carbons (Fsp3) is 0.294. The SMILES string of the molecule is Clc1nc(C2Cc3ccccc32)nc2sc3c(c12)CCC3. The lowest BCUT2D eigenvalue weighted by Gasteiger charge is -2.28. The topological polar surface area (TPSA) is 25.8 Å². The maximum atomic E-state index is 6.50. The summed E-state index contributed by atoms with van der Waals surface area (Å²) in [5.41, 5.74) is 4.17. The highest BCUT2D eigenvalue weighted by molar-refractivity contribution is 7.19. The molecule has 0 radical (unpaired) electrons. The molecule has 4 heteroatoms. The largest absolute Gasteiger partial charge is 0.221 e. The maximum absolute atomic E-state index is 6.50. The molecule has 2 aromatic heterocycles. The fourth-order valence-corrected chi connectivity index (χ4v) is 5.23. The van der Waals surface area contributed by atoms with E-state index in [1.54, 1.807) is 0 Å². The van der Waals surface area contributed by atoms with E-state index in [2.05, 4.69) is 29.2 Å². The van der Waals surface area contributed by atoms with Gasteiger partial charge in [-0.1, -0.05) is 35.9 Å². The predicted molar refractivity (Wildman–Crippen MR) is 86.4 cm³/mol. The average Bonchev–Trinajstić information content (AvgIpc) is 3.00. The summed E-state index contributed by atoms with van der Waals surface area (Å²) in [6, 6.07) is 8.55. The minimum Gasteiger partial charge on any atom is -0.221 e. The van der Waals surface area contributed by atoms with Crippen LogP contribution < -0.4 is 0 Å². The van der Waals surface area contributed by atoms with Crippen LogP contribution in [0, 0.1) is 0 Å². The van der Waals surface area contributed by atoms with E-state index in [1.165, 1.54) is 34.4 Å². The number of hydrogen-bond acceptors (Lipinski definition) is 3. The van der Waals surface area contributed by atoms with E-state index in [1.807, 2.05) is 11.3 Å². The molecule has 0 fully saturated rings. The first-order chi connectivity index (χ1) is 10.3. The van der Waals surface area contributed by atoms with Gasteiger partial charge in [0.2, 0.25) is 0 Å². The molecule has 0 aliphatic heterocycles. The Kier molecular flexibility index (Phi) is 2.47. The van der Waals surface area contributed by atoms with Gasteiger partial charge in [-0.25, -0.2) is 9.97 Å².